The molecule has 2 rings (SSSR count). The maximum atomic E-state index is 13.8. The number of halogens is 3. The molecule has 20 heavy (non-hydrogen) atoms. The molecule has 3 nitrogen and oxygen atoms in total. The second kappa shape index (κ2) is 5.54. The summed E-state index contributed by atoms with van der Waals surface area (Å²) in [4.78, 5) is 0. The highest BCUT2D eigenvalue weighted by molar-refractivity contribution is 6.31. The second-order valence-electron chi connectivity index (χ2n) is 4.25. The molecule has 0 aromatic heterocycles. The lowest BCUT2D eigenvalue weighted by molar-refractivity contribution is 0.416. The van der Waals surface area contributed by atoms with Gasteiger partial charge in [0.25, 0.3) is 0 Å². The van der Waals surface area contributed by atoms with Crippen molar-refractivity contribution in [1.29, 1.82) is 0 Å². The van der Waals surface area contributed by atoms with E-state index in [1.807, 2.05) is 0 Å². The van der Waals surface area contributed by atoms with Crippen LogP contribution in [0.25, 0.3) is 0 Å². The number of aryl methyl sites for hydroxylation is 1. The second-order valence-corrected chi connectivity index (χ2v) is 4.66. The normalized spacial score (nSPS) is 10.4. The zero-order chi connectivity index (χ0) is 14.9. The molecule has 0 aliphatic carbocycles. The Hall–Kier alpha value is -2.01. The Bertz CT molecular complexity index is 662. The fourth-order valence-corrected chi connectivity index (χ4v) is 1.91. The fraction of sp³-hybridized carbons (Fsp3) is 0.143. The third-order valence-corrected chi connectivity index (χ3v) is 3.27. The first-order chi connectivity index (χ1) is 9.43. The van der Waals surface area contributed by atoms with Gasteiger partial charge in [0.1, 0.15) is 11.4 Å². The lowest BCUT2D eigenvalue weighted by Gasteiger charge is -2.15. The Kier molecular flexibility index (Phi) is 3.99. The van der Waals surface area contributed by atoms with Crippen molar-refractivity contribution in [1.82, 2.24) is 0 Å². The van der Waals surface area contributed by atoms with Crippen molar-refractivity contribution < 1.29 is 13.5 Å². The molecule has 0 aliphatic rings. The number of methoxy groups -OCH3 is 1. The van der Waals surface area contributed by atoms with E-state index in [-0.39, 0.29) is 11.4 Å². The quantitative estimate of drug-likeness (QED) is 0.832. The average Bonchev–Trinajstić information content (AvgIpc) is 2.42. The number of ether oxygens (including phenoxy) is 1. The summed E-state index contributed by atoms with van der Waals surface area (Å²) in [5.74, 6) is -1.62. The van der Waals surface area contributed by atoms with Gasteiger partial charge in [0.2, 0.25) is 0 Å². The van der Waals surface area contributed by atoms with Crippen LogP contribution in [-0.2, 0) is 0 Å². The van der Waals surface area contributed by atoms with Crippen LogP contribution < -0.4 is 15.8 Å². The van der Waals surface area contributed by atoms with Crippen molar-refractivity contribution in [3.8, 4) is 5.75 Å². The number of benzene rings is 2. The van der Waals surface area contributed by atoms with Gasteiger partial charge in [-0.3, -0.25) is 0 Å². The van der Waals surface area contributed by atoms with Gasteiger partial charge in [0.05, 0.1) is 18.5 Å². The first-order valence-corrected chi connectivity index (χ1v) is 6.16. The first kappa shape index (κ1) is 14.4. The Morgan fingerprint density at radius 2 is 1.95 bits per heavy atom. The predicted octanol–water partition coefficient (Wildman–Crippen LogP) is 4.26. The summed E-state index contributed by atoms with van der Waals surface area (Å²) in [6.07, 6.45) is 0. The lowest BCUT2D eigenvalue weighted by atomic mass is 10.2. The molecule has 0 atom stereocenters. The molecule has 0 saturated heterocycles. The van der Waals surface area contributed by atoms with E-state index in [4.69, 9.17) is 22.1 Å². The molecular weight excluding hydrogens is 286 g/mol. The van der Waals surface area contributed by atoms with Gasteiger partial charge in [-0.1, -0.05) is 11.6 Å². The van der Waals surface area contributed by atoms with E-state index in [1.54, 1.807) is 19.1 Å². The number of nitrogens with one attached hydrogen (secondary N) is 1. The van der Waals surface area contributed by atoms with Crippen molar-refractivity contribution in [2.45, 2.75) is 6.92 Å². The fourth-order valence-electron chi connectivity index (χ4n) is 1.76. The van der Waals surface area contributed by atoms with E-state index in [1.165, 1.54) is 13.2 Å². The van der Waals surface area contributed by atoms with Crippen LogP contribution in [0, 0.1) is 18.6 Å². The van der Waals surface area contributed by atoms with Gasteiger partial charge >= 0.3 is 0 Å². The van der Waals surface area contributed by atoms with E-state index >= 15 is 0 Å². The highest BCUT2D eigenvalue weighted by atomic mass is 35.5. The van der Waals surface area contributed by atoms with Gasteiger partial charge in [-0.05, 0) is 30.7 Å². The summed E-state index contributed by atoms with van der Waals surface area (Å²) < 4.78 is 32.2. The van der Waals surface area contributed by atoms with Crippen molar-refractivity contribution in [3.05, 3.63) is 46.5 Å². The SMILES string of the molecule is COc1cc(Cl)c(C)cc1Nc1c(N)ccc(F)c1F. The molecule has 0 radical (unpaired) electrons. The molecule has 0 spiro atoms. The van der Waals surface area contributed by atoms with Crippen LogP contribution in [0.3, 0.4) is 0 Å². The third kappa shape index (κ3) is 2.63. The Morgan fingerprint density at radius 3 is 2.60 bits per heavy atom. The van der Waals surface area contributed by atoms with Gasteiger partial charge < -0.3 is 15.8 Å². The number of nitrogen functional groups attached to an aromatic ring is 1. The number of hydrogen-bond acceptors (Lipinski definition) is 3. The van der Waals surface area contributed by atoms with Gasteiger partial charge in [0, 0.05) is 11.1 Å². The van der Waals surface area contributed by atoms with Crippen LogP contribution in [0.15, 0.2) is 24.3 Å². The summed E-state index contributed by atoms with van der Waals surface area (Å²) in [6.45, 7) is 1.79. The zero-order valence-corrected chi connectivity index (χ0v) is 11.7. The zero-order valence-electron chi connectivity index (χ0n) is 10.9. The molecular formula is C14H13ClF2N2O. The van der Waals surface area contributed by atoms with E-state index in [0.717, 1.165) is 11.6 Å². The van der Waals surface area contributed by atoms with Gasteiger partial charge in [-0.15, -0.1) is 0 Å². The molecule has 0 fully saturated rings. The van der Waals surface area contributed by atoms with Crippen molar-refractivity contribution in [2.75, 3.05) is 18.2 Å². The summed E-state index contributed by atoms with van der Waals surface area (Å²) in [5, 5.41) is 3.26. The molecule has 0 amide bonds. The molecule has 0 heterocycles. The van der Waals surface area contributed by atoms with Crippen molar-refractivity contribution in [2.24, 2.45) is 0 Å². The molecule has 0 aliphatic heterocycles. The van der Waals surface area contributed by atoms with E-state index < -0.39 is 11.6 Å². The summed E-state index contributed by atoms with van der Waals surface area (Å²) >= 11 is 5.99. The molecule has 2 aromatic carbocycles. The van der Waals surface area contributed by atoms with Gasteiger partial charge in [-0.2, -0.15) is 0 Å². The van der Waals surface area contributed by atoms with E-state index in [9.17, 15) is 8.78 Å². The minimum atomic E-state index is -1.04. The first-order valence-electron chi connectivity index (χ1n) is 5.78. The van der Waals surface area contributed by atoms with E-state index in [0.29, 0.717) is 16.5 Å². The smallest absolute Gasteiger partial charge is 0.184 e. The number of hydrogen-bond donors (Lipinski definition) is 2. The van der Waals surface area contributed by atoms with Crippen LogP contribution in [0.1, 0.15) is 5.56 Å². The number of rotatable bonds is 3. The number of nitrogens with two attached hydrogens (primary N) is 1. The number of anilines is 3. The average molecular weight is 299 g/mol. The minimum absolute atomic E-state index is 0.0959. The molecule has 0 unspecified atom stereocenters. The monoisotopic (exact) mass is 298 g/mol. The summed E-state index contributed by atoms with van der Waals surface area (Å²) in [5.41, 5.74) is 6.84. The molecule has 0 saturated carbocycles. The third-order valence-electron chi connectivity index (χ3n) is 2.87. The van der Waals surface area contributed by atoms with Crippen LogP contribution in [-0.4, -0.2) is 7.11 Å². The van der Waals surface area contributed by atoms with Crippen molar-refractivity contribution in [3.63, 3.8) is 0 Å². The van der Waals surface area contributed by atoms with Crippen LogP contribution >= 0.6 is 11.6 Å². The minimum Gasteiger partial charge on any atom is -0.495 e. The van der Waals surface area contributed by atoms with Gasteiger partial charge in [0.15, 0.2) is 11.6 Å². The van der Waals surface area contributed by atoms with Crippen LogP contribution in [0.5, 0.6) is 5.75 Å². The highest BCUT2D eigenvalue weighted by Gasteiger charge is 2.15. The molecule has 3 N–H and O–H groups in total. The van der Waals surface area contributed by atoms with E-state index in [2.05, 4.69) is 5.32 Å². The molecule has 2 aromatic rings. The predicted molar refractivity (Wildman–Crippen MR) is 76.8 cm³/mol. The summed E-state index contributed by atoms with van der Waals surface area (Å²) in [6, 6.07) is 5.52. The standard InChI is InChI=1S/C14H13ClF2N2O/c1-7-5-11(12(20-2)6-8(7)15)19-14-10(18)4-3-9(16)13(14)17/h3-6,19H,18H2,1-2H3. The summed E-state index contributed by atoms with van der Waals surface area (Å²) in [7, 11) is 1.46. The maximum absolute atomic E-state index is 13.8. The lowest BCUT2D eigenvalue weighted by Crippen LogP contribution is -2.03. The largest absolute Gasteiger partial charge is 0.495 e. The topological polar surface area (TPSA) is 47.3 Å². The maximum Gasteiger partial charge on any atom is 0.184 e. The van der Waals surface area contributed by atoms with Crippen molar-refractivity contribution >= 4 is 28.7 Å². The molecule has 0 bridgehead atoms. The molecule has 6 heteroatoms. The Balaban J connectivity index is 2.50. The van der Waals surface area contributed by atoms with Gasteiger partial charge in [-0.25, -0.2) is 8.78 Å². The Morgan fingerprint density at radius 1 is 1.25 bits per heavy atom. The highest BCUT2D eigenvalue weighted by Crippen LogP contribution is 2.35. The van der Waals surface area contributed by atoms with Crippen LogP contribution in [0.2, 0.25) is 5.02 Å². The van der Waals surface area contributed by atoms with Crippen LogP contribution in [0.4, 0.5) is 25.8 Å². The Labute approximate surface area is 120 Å². The molecule has 106 valence electrons.